The van der Waals surface area contributed by atoms with Crippen LogP contribution in [0.5, 0.6) is 0 Å². The lowest BCUT2D eigenvalue weighted by Crippen LogP contribution is -2.32. The van der Waals surface area contributed by atoms with Crippen LogP contribution in [0.1, 0.15) is 30.9 Å². The number of rotatable bonds is 5. The summed E-state index contributed by atoms with van der Waals surface area (Å²) in [7, 11) is 0. The summed E-state index contributed by atoms with van der Waals surface area (Å²) in [5.41, 5.74) is 3.13. The zero-order valence-electron chi connectivity index (χ0n) is 16.7. The van der Waals surface area contributed by atoms with E-state index in [1.807, 2.05) is 30.3 Å². The van der Waals surface area contributed by atoms with Gasteiger partial charge in [0.1, 0.15) is 11.5 Å². The Labute approximate surface area is 174 Å². The lowest BCUT2D eigenvalue weighted by molar-refractivity contribution is -0.120. The minimum atomic E-state index is -0.516. The third kappa shape index (κ3) is 3.62. The molecule has 1 aliphatic heterocycles. The molecule has 1 N–H and O–H groups in total. The molecule has 4 nitrogen and oxygen atoms in total. The number of hydrogen-bond donors (Lipinski definition) is 1. The number of carbonyl (C=O) groups is 2. The lowest BCUT2D eigenvalue weighted by atomic mass is 10.0. The molecule has 150 valence electrons. The molecule has 0 saturated carbocycles. The number of halogens is 1. The minimum Gasteiger partial charge on any atom is -0.350 e. The molecular formula is C25H21FN2O2. The number of carbonyl (C=O) groups excluding carboxylic acids is 2. The molecule has 0 spiro atoms. The summed E-state index contributed by atoms with van der Waals surface area (Å²) >= 11 is 0. The van der Waals surface area contributed by atoms with Crippen molar-refractivity contribution in [2.75, 3.05) is 10.2 Å². The maximum Gasteiger partial charge on any atom is 0.282 e. The Hall–Kier alpha value is -3.73. The molecule has 0 aromatic heterocycles. The van der Waals surface area contributed by atoms with Gasteiger partial charge in [-0.15, -0.1) is 0 Å². The molecule has 3 aromatic carbocycles. The van der Waals surface area contributed by atoms with Crippen molar-refractivity contribution in [2.24, 2.45) is 0 Å². The molecule has 0 saturated heterocycles. The Balaban J connectivity index is 1.77. The van der Waals surface area contributed by atoms with Gasteiger partial charge in [0.25, 0.3) is 11.8 Å². The highest BCUT2D eigenvalue weighted by Gasteiger charge is 2.40. The summed E-state index contributed by atoms with van der Waals surface area (Å²) in [6.45, 7) is 4.21. The number of imide groups is 1. The maximum atomic E-state index is 13.8. The first-order chi connectivity index (χ1) is 14.5. The Kier molecular flexibility index (Phi) is 5.19. The van der Waals surface area contributed by atoms with Gasteiger partial charge in [-0.2, -0.15) is 0 Å². The zero-order chi connectivity index (χ0) is 21.3. The van der Waals surface area contributed by atoms with E-state index in [4.69, 9.17) is 0 Å². The first-order valence-electron chi connectivity index (χ1n) is 9.76. The molecule has 5 heteroatoms. The predicted octanol–water partition coefficient (Wildman–Crippen LogP) is 5.35. The summed E-state index contributed by atoms with van der Waals surface area (Å²) in [5, 5.41) is 3.12. The van der Waals surface area contributed by atoms with E-state index in [1.165, 1.54) is 23.8 Å². The first kappa shape index (κ1) is 19.6. The molecule has 0 radical (unpaired) electrons. The normalized spacial score (nSPS) is 14.1. The van der Waals surface area contributed by atoms with Crippen molar-refractivity contribution >= 4 is 28.8 Å². The van der Waals surface area contributed by atoms with Crippen molar-refractivity contribution in [3.8, 4) is 0 Å². The Bertz CT molecular complexity index is 1140. The average molecular weight is 400 g/mol. The van der Waals surface area contributed by atoms with Crippen LogP contribution < -0.4 is 10.2 Å². The van der Waals surface area contributed by atoms with Crippen molar-refractivity contribution in [1.82, 2.24) is 0 Å². The van der Waals surface area contributed by atoms with Crippen molar-refractivity contribution in [1.29, 1.82) is 0 Å². The molecule has 0 fully saturated rings. The van der Waals surface area contributed by atoms with Gasteiger partial charge in [0, 0.05) is 5.69 Å². The summed E-state index contributed by atoms with van der Waals surface area (Å²) in [6.07, 6.45) is 0. The maximum absolute atomic E-state index is 13.8. The quantitative estimate of drug-likeness (QED) is 0.588. The smallest absolute Gasteiger partial charge is 0.282 e. The van der Waals surface area contributed by atoms with E-state index in [9.17, 15) is 14.0 Å². The fourth-order valence-electron chi connectivity index (χ4n) is 3.46. The molecule has 0 unspecified atom stereocenters. The van der Waals surface area contributed by atoms with Crippen molar-refractivity contribution < 1.29 is 14.0 Å². The Morgan fingerprint density at radius 2 is 1.53 bits per heavy atom. The van der Waals surface area contributed by atoms with E-state index in [2.05, 4.69) is 19.2 Å². The van der Waals surface area contributed by atoms with Gasteiger partial charge in [0.15, 0.2) is 0 Å². The van der Waals surface area contributed by atoms with E-state index < -0.39 is 17.6 Å². The number of anilines is 2. The highest BCUT2D eigenvalue weighted by atomic mass is 19.1. The zero-order valence-corrected chi connectivity index (χ0v) is 16.7. The average Bonchev–Trinajstić information content (AvgIpc) is 2.98. The number of hydrogen-bond acceptors (Lipinski definition) is 3. The molecule has 0 aliphatic carbocycles. The van der Waals surface area contributed by atoms with Crippen LogP contribution >= 0.6 is 0 Å². The summed E-state index contributed by atoms with van der Waals surface area (Å²) in [6, 6.07) is 22.2. The second-order valence-electron chi connectivity index (χ2n) is 7.44. The van der Waals surface area contributed by atoms with Gasteiger partial charge in [-0.25, -0.2) is 9.29 Å². The van der Waals surface area contributed by atoms with E-state index in [0.717, 1.165) is 4.90 Å². The molecule has 1 aliphatic rings. The van der Waals surface area contributed by atoms with Gasteiger partial charge in [0.05, 0.1) is 11.3 Å². The highest BCUT2D eigenvalue weighted by Crippen LogP contribution is 2.34. The largest absolute Gasteiger partial charge is 0.350 e. The monoisotopic (exact) mass is 400 g/mol. The fourth-order valence-corrected chi connectivity index (χ4v) is 3.46. The number of nitrogens with zero attached hydrogens (tertiary/aromatic N) is 1. The minimum absolute atomic E-state index is 0.174. The molecular weight excluding hydrogens is 379 g/mol. The second kappa shape index (κ2) is 7.95. The first-order valence-corrected chi connectivity index (χ1v) is 9.76. The summed E-state index contributed by atoms with van der Waals surface area (Å²) < 4.78 is 13.8. The molecule has 30 heavy (non-hydrogen) atoms. The summed E-state index contributed by atoms with van der Waals surface area (Å²) in [4.78, 5) is 27.5. The van der Waals surface area contributed by atoms with Crippen molar-refractivity contribution in [2.45, 2.75) is 19.8 Å². The van der Waals surface area contributed by atoms with Crippen LogP contribution in [0.15, 0.2) is 84.6 Å². The number of benzene rings is 3. The van der Waals surface area contributed by atoms with Crippen molar-refractivity contribution in [3.63, 3.8) is 0 Å². The van der Waals surface area contributed by atoms with Crippen LogP contribution in [-0.4, -0.2) is 11.8 Å². The second-order valence-corrected chi connectivity index (χ2v) is 7.44. The highest BCUT2D eigenvalue weighted by molar-refractivity contribution is 6.46. The van der Waals surface area contributed by atoms with Crippen LogP contribution in [-0.2, 0) is 9.59 Å². The van der Waals surface area contributed by atoms with Crippen LogP contribution in [0.3, 0.4) is 0 Å². The van der Waals surface area contributed by atoms with Gasteiger partial charge < -0.3 is 5.32 Å². The van der Waals surface area contributed by atoms with Gasteiger partial charge >= 0.3 is 0 Å². The van der Waals surface area contributed by atoms with E-state index in [1.54, 1.807) is 30.3 Å². The molecule has 0 atom stereocenters. The van der Waals surface area contributed by atoms with E-state index in [0.29, 0.717) is 17.2 Å². The van der Waals surface area contributed by atoms with Gasteiger partial charge in [0.2, 0.25) is 0 Å². The van der Waals surface area contributed by atoms with Gasteiger partial charge in [-0.1, -0.05) is 62.4 Å². The Morgan fingerprint density at radius 3 is 2.17 bits per heavy atom. The van der Waals surface area contributed by atoms with E-state index >= 15 is 0 Å². The topological polar surface area (TPSA) is 49.4 Å². The Morgan fingerprint density at radius 1 is 0.833 bits per heavy atom. The summed E-state index contributed by atoms with van der Waals surface area (Å²) in [5.74, 6) is -1.13. The third-order valence-corrected chi connectivity index (χ3v) is 5.06. The molecule has 4 rings (SSSR count). The van der Waals surface area contributed by atoms with Crippen molar-refractivity contribution in [3.05, 3.63) is 102 Å². The van der Waals surface area contributed by atoms with Crippen LogP contribution in [0.25, 0.3) is 5.57 Å². The molecule has 1 heterocycles. The van der Waals surface area contributed by atoms with Gasteiger partial charge in [-0.3, -0.25) is 9.59 Å². The van der Waals surface area contributed by atoms with Gasteiger partial charge in [-0.05, 0) is 47.4 Å². The predicted molar refractivity (Wildman–Crippen MR) is 116 cm³/mol. The molecule has 0 bridgehead atoms. The SMILES string of the molecule is CC(C)c1ccc(NC2=C(c3ccccc3)C(=O)N(c3cccc(F)c3)C2=O)cc1. The standard InChI is InChI=1S/C25H21FN2O2/c1-16(2)17-11-13-20(14-12-17)27-23-22(18-7-4-3-5-8-18)24(29)28(25(23)30)21-10-6-9-19(26)15-21/h3-16,27H,1-2H3. The number of amides is 2. The molecule has 3 aromatic rings. The molecule has 2 amide bonds. The van der Waals surface area contributed by atoms with Crippen LogP contribution in [0.2, 0.25) is 0 Å². The fraction of sp³-hybridized carbons (Fsp3) is 0.120. The van der Waals surface area contributed by atoms with E-state index in [-0.39, 0.29) is 17.0 Å². The van der Waals surface area contributed by atoms with Crippen LogP contribution in [0.4, 0.5) is 15.8 Å². The number of nitrogens with one attached hydrogen (secondary N) is 1. The van der Waals surface area contributed by atoms with Crippen LogP contribution in [0, 0.1) is 5.82 Å². The lowest BCUT2D eigenvalue weighted by Gasteiger charge is -2.15. The third-order valence-electron chi connectivity index (χ3n) is 5.06.